The third-order valence-electron chi connectivity index (χ3n) is 20.8. The third-order valence-corrected chi connectivity index (χ3v) is 20.8. The summed E-state index contributed by atoms with van der Waals surface area (Å²) in [5.41, 5.74) is 0. The molecule has 558 valence electrons. The minimum Gasteiger partial charge on any atom is -0.466 e. The van der Waals surface area contributed by atoms with Gasteiger partial charge < -0.3 is 20.3 Å². The highest BCUT2D eigenvalue weighted by Gasteiger charge is 2.20. The molecule has 0 aromatic rings. The highest BCUT2D eigenvalue weighted by atomic mass is 16.5. The second kappa shape index (κ2) is 83.8. The number of rotatable bonds is 83. The Labute approximate surface area is 590 Å². The van der Waals surface area contributed by atoms with E-state index in [0.717, 1.165) is 44.9 Å². The number of hydrogen-bond acceptors (Lipinski definition) is 5. The molecule has 0 aromatic carbocycles. The van der Waals surface area contributed by atoms with Crippen LogP contribution in [0.1, 0.15) is 502 Å². The van der Waals surface area contributed by atoms with Gasteiger partial charge in [-0.1, -0.05) is 456 Å². The monoisotopic (exact) mass is 1320 g/mol. The molecule has 6 heteroatoms. The zero-order chi connectivity index (χ0) is 67.7. The molecule has 0 heterocycles. The fraction of sp³-hybridized carbons (Fsp3) is 0.932. The van der Waals surface area contributed by atoms with E-state index in [9.17, 15) is 19.8 Å². The van der Waals surface area contributed by atoms with Crippen LogP contribution in [0.15, 0.2) is 24.3 Å². The summed E-state index contributed by atoms with van der Waals surface area (Å²) in [5, 5.41) is 23.5. The van der Waals surface area contributed by atoms with E-state index in [2.05, 4.69) is 43.5 Å². The van der Waals surface area contributed by atoms with Gasteiger partial charge in [0.2, 0.25) is 5.91 Å². The normalized spacial score (nSPS) is 12.5. The fourth-order valence-electron chi connectivity index (χ4n) is 14.1. The molecule has 0 bridgehead atoms. The van der Waals surface area contributed by atoms with Crippen molar-refractivity contribution in [2.75, 3.05) is 13.2 Å². The van der Waals surface area contributed by atoms with Crippen LogP contribution < -0.4 is 5.32 Å². The molecule has 6 nitrogen and oxygen atoms in total. The van der Waals surface area contributed by atoms with Gasteiger partial charge in [-0.15, -0.1) is 0 Å². The molecule has 1 amide bonds. The van der Waals surface area contributed by atoms with Gasteiger partial charge in [0.05, 0.1) is 25.4 Å². The van der Waals surface area contributed by atoms with Gasteiger partial charge in [-0.25, -0.2) is 0 Å². The number of hydrogen-bond donors (Lipinski definition) is 3. The van der Waals surface area contributed by atoms with Gasteiger partial charge in [-0.3, -0.25) is 9.59 Å². The molecule has 0 rings (SSSR count). The molecule has 0 saturated heterocycles. The molecule has 94 heavy (non-hydrogen) atoms. The minimum atomic E-state index is -0.662. The lowest BCUT2D eigenvalue weighted by Crippen LogP contribution is -2.45. The predicted octanol–water partition coefficient (Wildman–Crippen LogP) is 29.2. The van der Waals surface area contributed by atoms with Gasteiger partial charge in [-0.2, -0.15) is 0 Å². The van der Waals surface area contributed by atoms with Crippen LogP contribution in [0.25, 0.3) is 0 Å². The van der Waals surface area contributed by atoms with Crippen LogP contribution in [0.3, 0.4) is 0 Å². The number of aliphatic hydroxyl groups excluding tert-OH is 2. The van der Waals surface area contributed by atoms with Crippen LogP contribution in [0, 0.1) is 0 Å². The first kappa shape index (κ1) is 92.3. The number of amides is 1. The Bertz CT molecular complexity index is 1480. The van der Waals surface area contributed by atoms with Crippen molar-refractivity contribution in [3.63, 3.8) is 0 Å². The van der Waals surface area contributed by atoms with Crippen molar-refractivity contribution in [1.29, 1.82) is 0 Å². The van der Waals surface area contributed by atoms with Gasteiger partial charge >= 0.3 is 5.97 Å². The van der Waals surface area contributed by atoms with E-state index >= 15 is 0 Å². The van der Waals surface area contributed by atoms with E-state index in [1.54, 1.807) is 0 Å². The Kier molecular flexibility index (Phi) is 82.3. The van der Waals surface area contributed by atoms with E-state index in [0.29, 0.717) is 25.9 Å². The van der Waals surface area contributed by atoms with Crippen molar-refractivity contribution in [2.24, 2.45) is 0 Å². The van der Waals surface area contributed by atoms with Gasteiger partial charge in [-0.05, 0) is 57.8 Å². The van der Waals surface area contributed by atoms with E-state index in [4.69, 9.17) is 4.74 Å². The molecule has 0 spiro atoms. The predicted molar refractivity (Wildman–Crippen MR) is 417 cm³/mol. The molecule has 0 aliphatic carbocycles. The molecule has 0 aliphatic rings. The number of ether oxygens (including phenoxy) is 1. The summed E-state index contributed by atoms with van der Waals surface area (Å²) in [6.07, 6.45) is 109. The van der Waals surface area contributed by atoms with Crippen molar-refractivity contribution in [3.8, 4) is 0 Å². The highest BCUT2D eigenvalue weighted by Crippen LogP contribution is 2.21. The highest BCUT2D eigenvalue weighted by molar-refractivity contribution is 5.76. The topological polar surface area (TPSA) is 95.9 Å². The number of carbonyl (C=O) groups is 2. The summed E-state index contributed by atoms with van der Waals surface area (Å²) >= 11 is 0. The van der Waals surface area contributed by atoms with Gasteiger partial charge in [0.1, 0.15) is 0 Å². The molecule has 0 aliphatic heterocycles. The van der Waals surface area contributed by atoms with Crippen molar-refractivity contribution >= 4 is 11.9 Å². The maximum atomic E-state index is 12.6. The number of carbonyl (C=O) groups excluding carboxylic acids is 2. The van der Waals surface area contributed by atoms with Gasteiger partial charge in [0.25, 0.3) is 0 Å². The molecule has 0 fully saturated rings. The van der Waals surface area contributed by atoms with E-state index in [1.165, 1.54) is 424 Å². The van der Waals surface area contributed by atoms with E-state index < -0.39 is 12.1 Å². The maximum Gasteiger partial charge on any atom is 0.305 e. The number of unbranched alkanes of at least 4 members (excludes halogenated alkanes) is 68. The van der Waals surface area contributed by atoms with Gasteiger partial charge in [0.15, 0.2) is 0 Å². The summed E-state index contributed by atoms with van der Waals surface area (Å²) in [7, 11) is 0. The maximum absolute atomic E-state index is 12.6. The van der Waals surface area contributed by atoms with Crippen LogP contribution in [-0.4, -0.2) is 47.4 Å². The Balaban J connectivity index is 3.31. The molecule has 0 radical (unpaired) electrons. The summed E-state index contributed by atoms with van der Waals surface area (Å²) in [4.78, 5) is 24.7. The summed E-state index contributed by atoms with van der Waals surface area (Å²) < 4.78 is 5.52. The van der Waals surface area contributed by atoms with Crippen molar-refractivity contribution in [2.45, 2.75) is 514 Å². The first-order valence-electron chi connectivity index (χ1n) is 43.6. The lowest BCUT2D eigenvalue weighted by atomic mass is 10.0. The lowest BCUT2D eigenvalue weighted by Gasteiger charge is -2.22. The first-order chi connectivity index (χ1) is 46.5. The Morgan fingerprint density at radius 2 is 0.532 bits per heavy atom. The fourth-order valence-corrected chi connectivity index (χ4v) is 14.1. The molecule has 2 atom stereocenters. The SMILES string of the molecule is CCCCC/C=C\C/C=C\CCCCCCCCCCCC(=O)OCCCCCCCCCCCCCCCCCCCCCCCCCCCCCCCCCCCCCC(=O)NC(CO)C(O)CCCCCCCCCCCCCCCCCCCCCCCCC. The lowest BCUT2D eigenvalue weighted by molar-refractivity contribution is -0.143. The smallest absolute Gasteiger partial charge is 0.305 e. The second-order valence-corrected chi connectivity index (χ2v) is 30.2. The van der Waals surface area contributed by atoms with Gasteiger partial charge in [0, 0.05) is 12.8 Å². The molecular formula is C88H171NO5. The molecule has 3 N–H and O–H groups in total. The largest absolute Gasteiger partial charge is 0.466 e. The van der Waals surface area contributed by atoms with Crippen LogP contribution in [0.2, 0.25) is 0 Å². The second-order valence-electron chi connectivity index (χ2n) is 30.2. The zero-order valence-electron chi connectivity index (χ0n) is 64.2. The van der Waals surface area contributed by atoms with Crippen molar-refractivity contribution in [3.05, 3.63) is 24.3 Å². The Morgan fingerprint density at radius 3 is 0.830 bits per heavy atom. The van der Waals surface area contributed by atoms with Crippen molar-refractivity contribution in [1.82, 2.24) is 5.32 Å². The number of aliphatic hydroxyl groups is 2. The Morgan fingerprint density at radius 1 is 0.298 bits per heavy atom. The average Bonchev–Trinajstić information content (AvgIpc) is 3.61. The van der Waals surface area contributed by atoms with E-state index in [1.807, 2.05) is 0 Å². The van der Waals surface area contributed by atoms with Crippen LogP contribution in [0.5, 0.6) is 0 Å². The van der Waals surface area contributed by atoms with Crippen LogP contribution in [0.4, 0.5) is 0 Å². The number of nitrogens with one attached hydrogen (secondary N) is 1. The number of allylic oxidation sites excluding steroid dienone is 4. The zero-order valence-corrected chi connectivity index (χ0v) is 64.2. The summed E-state index contributed by atoms with van der Waals surface area (Å²) in [6, 6.07) is -0.538. The quantitative estimate of drug-likeness (QED) is 0.0320. The third kappa shape index (κ3) is 79.3. The summed E-state index contributed by atoms with van der Waals surface area (Å²) in [6.45, 7) is 4.99. The average molecular weight is 1320 g/mol. The number of esters is 1. The molecule has 0 saturated carbocycles. The minimum absolute atomic E-state index is 0.0201. The van der Waals surface area contributed by atoms with Crippen LogP contribution >= 0.6 is 0 Å². The molecular weight excluding hydrogens is 1150 g/mol. The van der Waals surface area contributed by atoms with Crippen molar-refractivity contribution < 1.29 is 24.5 Å². The molecule has 2 unspecified atom stereocenters. The van der Waals surface area contributed by atoms with Crippen LogP contribution in [-0.2, 0) is 14.3 Å². The van der Waals surface area contributed by atoms with E-state index in [-0.39, 0.29) is 18.5 Å². The Hall–Kier alpha value is -1.66. The molecule has 0 aromatic heterocycles. The summed E-state index contributed by atoms with van der Waals surface area (Å²) in [5.74, 6) is -0.00331. The first-order valence-corrected chi connectivity index (χ1v) is 43.6. The standard InChI is InChI=1S/C88H171NO5/c1-3-5-7-9-11-13-15-17-19-21-23-24-38-41-45-48-52-56-60-64-68-72-76-80-86(91)85(84-90)89-87(92)81-77-73-69-65-61-57-53-49-46-42-39-36-34-32-30-28-26-25-27-29-31-33-35-37-40-43-47-51-55-59-63-67-71-75-79-83-94-88(93)82-78-74-70-66-62-58-54-50-44-22-20-18-16-14-12-10-8-6-4-2/h12,14,18,20,85-86,90-91H,3-11,13,15-17,19,21-84H2,1-2H3,(H,89,92)/b14-12-,20-18-.